The molecule has 0 aromatic carbocycles. The molecule has 0 unspecified atom stereocenters. The summed E-state index contributed by atoms with van der Waals surface area (Å²) in [5.74, 6) is 0. The first-order chi connectivity index (χ1) is 4.19. The van der Waals surface area contributed by atoms with E-state index in [1.807, 2.05) is 0 Å². The Bertz CT molecular complexity index is 119. The van der Waals surface area contributed by atoms with Crippen LogP contribution in [0.25, 0.3) is 0 Å². The Morgan fingerprint density at radius 2 is 1.70 bits per heavy atom. The summed E-state index contributed by atoms with van der Waals surface area (Å²) in [6.07, 6.45) is -4.65. The van der Waals surface area contributed by atoms with Gasteiger partial charge in [-0.3, -0.25) is 0 Å². The summed E-state index contributed by atoms with van der Waals surface area (Å²) in [6.45, 7) is 1.76. The molecule has 0 heterocycles. The lowest BCUT2D eigenvalue weighted by Gasteiger charge is -2.29. The molecule has 5 heteroatoms. The molecule has 0 saturated carbocycles. The van der Waals surface area contributed by atoms with E-state index in [0.717, 1.165) is 6.92 Å². The van der Waals surface area contributed by atoms with Crippen LogP contribution >= 0.6 is 0 Å². The molecule has 0 aromatic heterocycles. The SMILES string of the molecule is C[C@@H](N)[C@](C)(O)C(F)(F)F. The van der Waals surface area contributed by atoms with Gasteiger partial charge in [0.05, 0.1) is 0 Å². The molecule has 0 saturated heterocycles. The van der Waals surface area contributed by atoms with E-state index in [2.05, 4.69) is 0 Å². The largest absolute Gasteiger partial charge is 0.418 e. The summed E-state index contributed by atoms with van der Waals surface area (Å²) in [5.41, 5.74) is 2.10. The first-order valence-electron chi connectivity index (χ1n) is 2.74. The van der Waals surface area contributed by atoms with Crippen LogP contribution in [-0.2, 0) is 0 Å². The van der Waals surface area contributed by atoms with Gasteiger partial charge in [0.25, 0.3) is 0 Å². The molecule has 0 amide bonds. The minimum absolute atomic E-state index is 0.650. The summed E-state index contributed by atoms with van der Waals surface area (Å²) in [7, 11) is 0. The highest BCUT2D eigenvalue weighted by molar-refractivity contribution is 4.88. The molecule has 10 heavy (non-hydrogen) atoms. The van der Waals surface area contributed by atoms with Gasteiger partial charge in [-0.25, -0.2) is 0 Å². The molecule has 62 valence electrons. The molecule has 3 N–H and O–H groups in total. The molecule has 0 bridgehead atoms. The molecule has 2 nitrogen and oxygen atoms in total. The van der Waals surface area contributed by atoms with Gasteiger partial charge in [0, 0.05) is 6.04 Å². The molecule has 0 aliphatic carbocycles. The van der Waals surface area contributed by atoms with Gasteiger partial charge in [-0.15, -0.1) is 0 Å². The number of aliphatic hydroxyl groups is 1. The van der Waals surface area contributed by atoms with E-state index in [1.165, 1.54) is 0 Å². The molecule has 0 radical (unpaired) electrons. The molecule has 0 fully saturated rings. The van der Waals surface area contributed by atoms with E-state index in [1.54, 1.807) is 0 Å². The van der Waals surface area contributed by atoms with E-state index >= 15 is 0 Å². The van der Waals surface area contributed by atoms with Crippen molar-refractivity contribution in [1.82, 2.24) is 0 Å². The first kappa shape index (κ1) is 9.71. The van der Waals surface area contributed by atoms with Crippen LogP contribution in [0, 0.1) is 0 Å². The highest BCUT2D eigenvalue weighted by Gasteiger charge is 2.52. The van der Waals surface area contributed by atoms with Gasteiger partial charge in [0.2, 0.25) is 0 Å². The predicted octanol–water partition coefficient (Wildman–Crippen LogP) is 0.647. The minimum Gasteiger partial charge on any atom is -0.379 e. The van der Waals surface area contributed by atoms with E-state index in [-0.39, 0.29) is 0 Å². The van der Waals surface area contributed by atoms with Crippen LogP contribution < -0.4 is 5.73 Å². The first-order valence-corrected chi connectivity index (χ1v) is 2.74. The Balaban J connectivity index is 4.40. The van der Waals surface area contributed by atoms with Crippen molar-refractivity contribution in [2.24, 2.45) is 5.73 Å². The van der Waals surface area contributed by atoms with Crippen molar-refractivity contribution in [2.75, 3.05) is 0 Å². The number of hydrogen-bond donors (Lipinski definition) is 2. The number of nitrogens with two attached hydrogens (primary N) is 1. The smallest absolute Gasteiger partial charge is 0.379 e. The lowest BCUT2D eigenvalue weighted by Crippen LogP contribution is -2.54. The second kappa shape index (κ2) is 2.39. The number of rotatable bonds is 1. The second-order valence-electron chi connectivity index (χ2n) is 2.43. The van der Waals surface area contributed by atoms with Crippen LogP contribution in [0.3, 0.4) is 0 Å². The average molecular weight is 157 g/mol. The van der Waals surface area contributed by atoms with Gasteiger partial charge in [0.15, 0.2) is 5.60 Å². The molecule has 0 spiro atoms. The summed E-state index contributed by atoms with van der Waals surface area (Å²) < 4.78 is 35.3. The molecule has 2 atom stereocenters. The zero-order valence-corrected chi connectivity index (χ0v) is 5.74. The van der Waals surface area contributed by atoms with Crippen LogP contribution in [0.5, 0.6) is 0 Å². The Kier molecular flexibility index (Phi) is 2.32. The Morgan fingerprint density at radius 3 is 1.70 bits per heavy atom. The van der Waals surface area contributed by atoms with Gasteiger partial charge in [-0.05, 0) is 13.8 Å². The Hall–Kier alpha value is -0.290. The van der Waals surface area contributed by atoms with E-state index in [9.17, 15) is 13.2 Å². The lowest BCUT2D eigenvalue weighted by atomic mass is 9.98. The van der Waals surface area contributed by atoms with Gasteiger partial charge in [-0.1, -0.05) is 0 Å². The molecule has 0 aromatic rings. The van der Waals surface area contributed by atoms with Gasteiger partial charge in [0.1, 0.15) is 0 Å². The third-order valence-electron chi connectivity index (χ3n) is 1.46. The fraction of sp³-hybridized carbons (Fsp3) is 1.00. The maximum Gasteiger partial charge on any atom is 0.418 e. The van der Waals surface area contributed by atoms with Gasteiger partial charge < -0.3 is 10.8 Å². The predicted molar refractivity (Wildman–Crippen MR) is 30.3 cm³/mol. The van der Waals surface area contributed by atoms with E-state index in [0.29, 0.717) is 6.92 Å². The van der Waals surface area contributed by atoms with Gasteiger partial charge >= 0.3 is 6.18 Å². The topological polar surface area (TPSA) is 46.2 Å². The average Bonchev–Trinajstić information content (AvgIpc) is 1.62. The van der Waals surface area contributed by atoms with Crippen LogP contribution in [0.2, 0.25) is 0 Å². The van der Waals surface area contributed by atoms with Crippen molar-refractivity contribution in [3.8, 4) is 0 Å². The highest BCUT2D eigenvalue weighted by atomic mass is 19.4. The highest BCUT2D eigenvalue weighted by Crippen LogP contribution is 2.31. The van der Waals surface area contributed by atoms with E-state index < -0.39 is 17.8 Å². The van der Waals surface area contributed by atoms with Crippen molar-refractivity contribution in [3.63, 3.8) is 0 Å². The van der Waals surface area contributed by atoms with Crippen molar-refractivity contribution >= 4 is 0 Å². The molecule has 0 rings (SSSR count). The summed E-state index contributed by atoms with van der Waals surface area (Å²) in [5, 5.41) is 8.68. The minimum atomic E-state index is -4.65. The normalized spacial score (nSPS) is 21.9. The zero-order valence-electron chi connectivity index (χ0n) is 5.74. The van der Waals surface area contributed by atoms with Crippen LogP contribution in [-0.4, -0.2) is 22.9 Å². The zero-order chi connectivity index (χ0) is 8.58. The Labute approximate surface area is 56.8 Å². The maximum absolute atomic E-state index is 11.8. The fourth-order valence-corrected chi connectivity index (χ4v) is 0.258. The van der Waals surface area contributed by atoms with Crippen molar-refractivity contribution < 1.29 is 18.3 Å². The maximum atomic E-state index is 11.8. The van der Waals surface area contributed by atoms with Crippen molar-refractivity contribution in [2.45, 2.75) is 31.7 Å². The second-order valence-corrected chi connectivity index (χ2v) is 2.43. The van der Waals surface area contributed by atoms with Crippen molar-refractivity contribution in [1.29, 1.82) is 0 Å². The molecular weight excluding hydrogens is 147 g/mol. The van der Waals surface area contributed by atoms with Crippen LogP contribution in [0.15, 0.2) is 0 Å². The summed E-state index contributed by atoms with van der Waals surface area (Å²) in [4.78, 5) is 0. The van der Waals surface area contributed by atoms with Crippen LogP contribution in [0.1, 0.15) is 13.8 Å². The monoisotopic (exact) mass is 157 g/mol. The van der Waals surface area contributed by atoms with E-state index in [4.69, 9.17) is 10.8 Å². The Morgan fingerprint density at radius 1 is 1.40 bits per heavy atom. The van der Waals surface area contributed by atoms with Crippen molar-refractivity contribution in [3.05, 3.63) is 0 Å². The standard InChI is InChI=1S/C5H10F3NO/c1-3(9)4(2,10)5(6,7)8/h3,10H,9H2,1-2H3/t3-,4+/m1/s1. The quantitative estimate of drug-likeness (QED) is 0.587. The summed E-state index contributed by atoms with van der Waals surface area (Å²) >= 11 is 0. The lowest BCUT2D eigenvalue weighted by molar-refractivity contribution is -0.258. The molecular formula is C5H10F3NO. The van der Waals surface area contributed by atoms with Crippen LogP contribution in [0.4, 0.5) is 13.2 Å². The van der Waals surface area contributed by atoms with Gasteiger partial charge in [-0.2, -0.15) is 13.2 Å². The number of alkyl halides is 3. The third kappa shape index (κ3) is 1.60. The molecule has 0 aliphatic heterocycles. The summed E-state index contributed by atoms with van der Waals surface area (Å²) in [6, 6.07) is -1.31. The third-order valence-corrected chi connectivity index (χ3v) is 1.46. The number of hydrogen-bond acceptors (Lipinski definition) is 2. The fourth-order valence-electron chi connectivity index (χ4n) is 0.258. The number of halogens is 3. The molecule has 0 aliphatic rings.